The van der Waals surface area contributed by atoms with Crippen LogP contribution in [0.25, 0.3) is 11.1 Å². The standard InChI is InChI=1S/C21H23FN4O3S2/c1-5-16-24-25-21(26(16)12(2)3)31-11-17(27)23-19-18(20(28)29-4)15(10-30-19)13-6-8-14(22)9-7-13/h6-10,12H,5,11H2,1-4H3,(H,23,27). The number of amides is 1. The normalized spacial score (nSPS) is 11.0. The largest absolute Gasteiger partial charge is 0.465 e. The number of benzene rings is 1. The van der Waals surface area contributed by atoms with E-state index in [4.69, 9.17) is 4.74 Å². The molecule has 3 aromatic rings. The first-order valence-corrected chi connectivity index (χ1v) is 11.5. The van der Waals surface area contributed by atoms with Gasteiger partial charge in [-0.15, -0.1) is 21.5 Å². The van der Waals surface area contributed by atoms with Crippen LogP contribution in [0, 0.1) is 5.82 Å². The highest BCUT2D eigenvalue weighted by Gasteiger charge is 2.23. The first-order chi connectivity index (χ1) is 14.8. The van der Waals surface area contributed by atoms with Crippen molar-refractivity contribution < 1.29 is 18.7 Å². The predicted molar refractivity (Wildman–Crippen MR) is 120 cm³/mol. The van der Waals surface area contributed by atoms with E-state index in [9.17, 15) is 14.0 Å². The average molecular weight is 463 g/mol. The molecule has 0 atom stereocenters. The van der Waals surface area contributed by atoms with Crippen molar-refractivity contribution in [3.63, 3.8) is 0 Å². The average Bonchev–Trinajstić information content (AvgIpc) is 3.36. The molecule has 0 radical (unpaired) electrons. The minimum atomic E-state index is -0.573. The van der Waals surface area contributed by atoms with E-state index in [1.54, 1.807) is 17.5 Å². The van der Waals surface area contributed by atoms with Gasteiger partial charge in [-0.25, -0.2) is 9.18 Å². The van der Waals surface area contributed by atoms with Crippen molar-refractivity contribution in [3.05, 3.63) is 46.9 Å². The van der Waals surface area contributed by atoms with E-state index in [0.717, 1.165) is 12.2 Å². The smallest absolute Gasteiger partial charge is 0.341 e. The highest BCUT2D eigenvalue weighted by Crippen LogP contribution is 2.36. The van der Waals surface area contributed by atoms with Crippen molar-refractivity contribution in [2.24, 2.45) is 0 Å². The van der Waals surface area contributed by atoms with Crippen LogP contribution >= 0.6 is 23.1 Å². The van der Waals surface area contributed by atoms with E-state index in [2.05, 4.69) is 15.5 Å². The van der Waals surface area contributed by atoms with Gasteiger partial charge in [0.05, 0.1) is 12.9 Å². The van der Waals surface area contributed by atoms with Crippen LogP contribution in [0.3, 0.4) is 0 Å². The Hall–Kier alpha value is -2.72. The molecule has 0 saturated carbocycles. The molecule has 0 aliphatic heterocycles. The number of ether oxygens (including phenoxy) is 1. The molecule has 0 saturated heterocycles. The van der Waals surface area contributed by atoms with Gasteiger partial charge in [0, 0.05) is 23.4 Å². The number of hydrogen-bond donors (Lipinski definition) is 1. The lowest BCUT2D eigenvalue weighted by molar-refractivity contribution is -0.113. The lowest BCUT2D eigenvalue weighted by Crippen LogP contribution is -2.16. The highest BCUT2D eigenvalue weighted by atomic mass is 32.2. The van der Waals surface area contributed by atoms with Gasteiger partial charge in [0.2, 0.25) is 5.91 Å². The van der Waals surface area contributed by atoms with Gasteiger partial charge in [-0.05, 0) is 31.5 Å². The number of methoxy groups -OCH3 is 1. The maximum absolute atomic E-state index is 13.3. The van der Waals surface area contributed by atoms with Gasteiger partial charge in [-0.2, -0.15) is 0 Å². The van der Waals surface area contributed by atoms with E-state index in [-0.39, 0.29) is 29.1 Å². The topological polar surface area (TPSA) is 86.1 Å². The first-order valence-electron chi connectivity index (χ1n) is 9.67. The molecule has 0 fully saturated rings. The summed E-state index contributed by atoms with van der Waals surface area (Å²) >= 11 is 2.50. The summed E-state index contributed by atoms with van der Waals surface area (Å²) in [6.45, 7) is 6.09. The summed E-state index contributed by atoms with van der Waals surface area (Å²) in [6, 6.07) is 5.97. The molecule has 0 spiro atoms. The number of nitrogens with zero attached hydrogens (tertiary/aromatic N) is 3. The molecule has 2 aromatic heterocycles. The van der Waals surface area contributed by atoms with Gasteiger partial charge in [0.25, 0.3) is 0 Å². The van der Waals surface area contributed by atoms with Gasteiger partial charge in [-0.3, -0.25) is 4.79 Å². The summed E-state index contributed by atoms with van der Waals surface area (Å²) in [5.74, 6) is -0.244. The molecular formula is C21H23FN4O3S2. The molecule has 2 heterocycles. The van der Waals surface area contributed by atoms with Crippen molar-refractivity contribution in [3.8, 4) is 11.1 Å². The fourth-order valence-corrected chi connectivity index (χ4v) is 4.91. The third-order valence-corrected chi connectivity index (χ3v) is 6.33. The molecule has 3 rings (SSSR count). The summed E-state index contributed by atoms with van der Waals surface area (Å²) in [5.41, 5.74) is 1.48. The Kier molecular flexibility index (Phi) is 7.45. The Morgan fingerprint density at radius 1 is 1.26 bits per heavy atom. The van der Waals surface area contributed by atoms with Crippen LogP contribution in [0.2, 0.25) is 0 Å². The maximum atomic E-state index is 13.3. The summed E-state index contributed by atoms with van der Waals surface area (Å²) in [4.78, 5) is 25.0. The quantitative estimate of drug-likeness (QED) is 0.382. The monoisotopic (exact) mass is 462 g/mol. The lowest BCUT2D eigenvalue weighted by Gasteiger charge is -2.12. The van der Waals surface area contributed by atoms with Gasteiger partial charge < -0.3 is 14.6 Å². The van der Waals surface area contributed by atoms with Crippen LogP contribution in [0.1, 0.15) is 43.0 Å². The van der Waals surface area contributed by atoms with E-state index < -0.39 is 5.97 Å². The second-order valence-corrected chi connectivity index (χ2v) is 8.73. The fraction of sp³-hybridized carbons (Fsp3) is 0.333. The summed E-state index contributed by atoms with van der Waals surface area (Å²) in [5, 5.41) is 14.0. The predicted octanol–water partition coefficient (Wildman–Crippen LogP) is 4.81. The van der Waals surface area contributed by atoms with E-state index in [1.807, 2.05) is 25.3 Å². The Balaban J connectivity index is 1.78. The summed E-state index contributed by atoms with van der Waals surface area (Å²) in [7, 11) is 1.28. The molecule has 10 heteroatoms. The Morgan fingerprint density at radius 3 is 2.58 bits per heavy atom. The second kappa shape index (κ2) is 10.1. The number of halogens is 1. The number of nitrogens with one attached hydrogen (secondary N) is 1. The van der Waals surface area contributed by atoms with Crippen LogP contribution < -0.4 is 5.32 Å². The van der Waals surface area contributed by atoms with E-state index >= 15 is 0 Å². The molecular weight excluding hydrogens is 439 g/mol. The molecule has 1 aromatic carbocycles. The summed E-state index contributed by atoms with van der Waals surface area (Å²) < 4.78 is 20.2. The number of hydrogen-bond acceptors (Lipinski definition) is 7. The third kappa shape index (κ3) is 5.13. The van der Waals surface area contributed by atoms with E-state index in [1.165, 1.54) is 42.3 Å². The van der Waals surface area contributed by atoms with Crippen molar-refractivity contribution in [1.82, 2.24) is 14.8 Å². The Bertz CT molecular complexity index is 1080. The molecule has 7 nitrogen and oxygen atoms in total. The van der Waals surface area contributed by atoms with Gasteiger partial charge >= 0.3 is 5.97 Å². The van der Waals surface area contributed by atoms with Crippen molar-refractivity contribution in [1.29, 1.82) is 0 Å². The third-order valence-electron chi connectivity index (χ3n) is 4.49. The van der Waals surface area contributed by atoms with Crippen molar-refractivity contribution in [2.75, 3.05) is 18.2 Å². The number of rotatable bonds is 8. The SMILES string of the molecule is CCc1nnc(SCC(=O)Nc2scc(-c3ccc(F)cc3)c2C(=O)OC)n1C(C)C. The number of thiophene rings is 1. The minimum Gasteiger partial charge on any atom is -0.465 e. The molecule has 1 amide bonds. The molecule has 0 aliphatic carbocycles. The van der Waals surface area contributed by atoms with Crippen LogP contribution in [0.15, 0.2) is 34.8 Å². The fourth-order valence-electron chi connectivity index (χ4n) is 3.05. The number of aryl methyl sites for hydroxylation is 1. The molecule has 164 valence electrons. The Labute approximate surface area is 188 Å². The van der Waals surface area contributed by atoms with Crippen molar-refractivity contribution >= 4 is 40.0 Å². The van der Waals surface area contributed by atoms with Gasteiger partial charge in [0.1, 0.15) is 22.2 Å². The van der Waals surface area contributed by atoms with Crippen molar-refractivity contribution in [2.45, 2.75) is 38.4 Å². The zero-order valence-electron chi connectivity index (χ0n) is 17.6. The zero-order chi connectivity index (χ0) is 22.5. The zero-order valence-corrected chi connectivity index (χ0v) is 19.3. The molecule has 1 N–H and O–H groups in total. The molecule has 0 bridgehead atoms. The van der Waals surface area contributed by atoms with Crippen LogP contribution in [-0.2, 0) is 16.0 Å². The minimum absolute atomic E-state index is 0.110. The number of carbonyl (C=O) groups is 2. The number of thioether (sulfide) groups is 1. The summed E-state index contributed by atoms with van der Waals surface area (Å²) in [6.07, 6.45) is 0.752. The Morgan fingerprint density at radius 2 is 1.97 bits per heavy atom. The van der Waals surface area contributed by atoms with Gasteiger partial charge in [-0.1, -0.05) is 30.8 Å². The first kappa shape index (κ1) is 23.0. The van der Waals surface area contributed by atoms with Crippen LogP contribution in [-0.4, -0.2) is 39.5 Å². The molecule has 0 unspecified atom stereocenters. The number of aromatic nitrogens is 3. The number of carbonyl (C=O) groups excluding carboxylic acids is 2. The molecule has 0 aliphatic rings. The second-order valence-electron chi connectivity index (χ2n) is 6.90. The van der Waals surface area contributed by atoms with Crippen LogP contribution in [0.5, 0.6) is 0 Å². The van der Waals surface area contributed by atoms with Gasteiger partial charge in [0.15, 0.2) is 5.16 Å². The lowest BCUT2D eigenvalue weighted by atomic mass is 10.0. The van der Waals surface area contributed by atoms with Crippen LogP contribution in [0.4, 0.5) is 9.39 Å². The molecule has 31 heavy (non-hydrogen) atoms. The highest BCUT2D eigenvalue weighted by molar-refractivity contribution is 7.99. The number of anilines is 1. The number of esters is 1. The maximum Gasteiger partial charge on any atom is 0.341 e. The van der Waals surface area contributed by atoms with E-state index in [0.29, 0.717) is 21.3 Å².